The fraction of sp³-hybridized carbons (Fsp3) is 0.143. The van der Waals surface area contributed by atoms with Crippen LogP contribution in [-0.4, -0.2) is 20.5 Å². The molecule has 0 fully saturated rings. The SMILES string of the molecule is Cn1c(O)c(C=C2C=Nc3cc(Cl)c(Cl)cc32)n(C)c1=N. The third kappa shape index (κ3) is 2.09. The third-order valence-corrected chi connectivity index (χ3v) is 4.25. The number of benzene rings is 1. The normalized spacial score (nSPS) is 15.0. The summed E-state index contributed by atoms with van der Waals surface area (Å²) in [6.45, 7) is 0. The molecule has 108 valence electrons. The lowest BCUT2D eigenvalue weighted by atomic mass is 10.1. The van der Waals surface area contributed by atoms with E-state index in [1.165, 1.54) is 4.57 Å². The quantitative estimate of drug-likeness (QED) is 0.832. The molecule has 2 aromatic rings. The largest absolute Gasteiger partial charge is 0.493 e. The Balaban J connectivity index is 2.18. The summed E-state index contributed by atoms with van der Waals surface area (Å²) in [7, 11) is 3.35. The highest BCUT2D eigenvalue weighted by Gasteiger charge is 2.17. The molecule has 0 spiro atoms. The highest BCUT2D eigenvalue weighted by Crippen LogP contribution is 2.38. The minimum atomic E-state index is 0.0249. The summed E-state index contributed by atoms with van der Waals surface area (Å²) in [6, 6.07) is 3.46. The van der Waals surface area contributed by atoms with Crippen LogP contribution in [0.15, 0.2) is 17.1 Å². The first-order valence-corrected chi connectivity index (χ1v) is 6.90. The van der Waals surface area contributed by atoms with Gasteiger partial charge in [-0.2, -0.15) is 0 Å². The Morgan fingerprint density at radius 2 is 1.86 bits per heavy atom. The third-order valence-electron chi connectivity index (χ3n) is 3.53. The molecule has 0 bridgehead atoms. The Bertz CT molecular complexity index is 874. The molecule has 0 amide bonds. The van der Waals surface area contributed by atoms with E-state index in [0.29, 0.717) is 15.7 Å². The molecule has 7 heteroatoms. The fourth-order valence-electron chi connectivity index (χ4n) is 2.27. The van der Waals surface area contributed by atoms with Gasteiger partial charge in [0.15, 0.2) is 0 Å². The molecule has 1 aliphatic rings. The van der Waals surface area contributed by atoms with Crippen molar-refractivity contribution >= 4 is 46.8 Å². The van der Waals surface area contributed by atoms with Gasteiger partial charge < -0.3 is 9.67 Å². The van der Waals surface area contributed by atoms with Crippen LogP contribution in [0.3, 0.4) is 0 Å². The summed E-state index contributed by atoms with van der Waals surface area (Å²) < 4.78 is 2.99. The van der Waals surface area contributed by atoms with Crippen molar-refractivity contribution < 1.29 is 5.11 Å². The van der Waals surface area contributed by atoms with Crippen LogP contribution >= 0.6 is 23.2 Å². The van der Waals surface area contributed by atoms with Gasteiger partial charge in [-0.25, -0.2) is 0 Å². The van der Waals surface area contributed by atoms with E-state index in [4.69, 9.17) is 28.6 Å². The van der Waals surface area contributed by atoms with Crippen molar-refractivity contribution in [2.45, 2.75) is 0 Å². The summed E-state index contributed by atoms with van der Waals surface area (Å²) in [5.41, 5.74) is 3.12. The number of aromatic nitrogens is 2. The highest BCUT2D eigenvalue weighted by atomic mass is 35.5. The van der Waals surface area contributed by atoms with Gasteiger partial charge >= 0.3 is 0 Å². The van der Waals surface area contributed by atoms with Crippen molar-refractivity contribution in [2.24, 2.45) is 19.1 Å². The summed E-state index contributed by atoms with van der Waals surface area (Å²) in [4.78, 5) is 4.29. The van der Waals surface area contributed by atoms with Crippen molar-refractivity contribution in [3.05, 3.63) is 39.1 Å². The maximum absolute atomic E-state index is 10.1. The standard InChI is InChI=1S/C14H12Cl2N4O/c1-19-12(13(21)20(2)14(19)17)3-7-6-18-11-5-10(16)9(15)4-8(7)11/h3-6,17,21H,1-2H3. The molecule has 0 unspecified atom stereocenters. The lowest BCUT2D eigenvalue weighted by Gasteiger charge is -2.03. The zero-order valence-corrected chi connectivity index (χ0v) is 12.9. The maximum Gasteiger partial charge on any atom is 0.218 e. The minimum absolute atomic E-state index is 0.0249. The molecular formula is C14H12Cl2N4O. The molecule has 1 aromatic carbocycles. The Labute approximate surface area is 130 Å². The Kier molecular flexibility index (Phi) is 3.19. The molecule has 0 radical (unpaired) electrons. The van der Waals surface area contributed by atoms with E-state index in [1.807, 2.05) is 0 Å². The van der Waals surface area contributed by atoms with Crippen LogP contribution in [0.4, 0.5) is 5.69 Å². The van der Waals surface area contributed by atoms with E-state index in [1.54, 1.807) is 43.1 Å². The van der Waals surface area contributed by atoms with E-state index >= 15 is 0 Å². The van der Waals surface area contributed by atoms with Gasteiger partial charge in [0.2, 0.25) is 11.5 Å². The number of nitrogens with one attached hydrogen (secondary N) is 1. The number of hydrogen-bond acceptors (Lipinski definition) is 3. The second-order valence-corrected chi connectivity index (χ2v) is 5.61. The van der Waals surface area contributed by atoms with Gasteiger partial charge in [-0.3, -0.25) is 15.0 Å². The highest BCUT2D eigenvalue weighted by molar-refractivity contribution is 6.42. The van der Waals surface area contributed by atoms with Crippen molar-refractivity contribution in [3.8, 4) is 5.88 Å². The number of fused-ring (bicyclic) bond motifs is 1. The Hall–Kier alpha value is -1.98. The van der Waals surface area contributed by atoms with Gasteiger partial charge in [-0.05, 0) is 18.2 Å². The van der Waals surface area contributed by atoms with Gasteiger partial charge in [0, 0.05) is 31.4 Å². The smallest absolute Gasteiger partial charge is 0.218 e. The van der Waals surface area contributed by atoms with Crippen LogP contribution in [0.5, 0.6) is 5.88 Å². The zero-order valence-electron chi connectivity index (χ0n) is 11.4. The van der Waals surface area contributed by atoms with Crippen LogP contribution in [0, 0.1) is 5.41 Å². The Morgan fingerprint density at radius 3 is 2.48 bits per heavy atom. The van der Waals surface area contributed by atoms with Gasteiger partial charge in [-0.15, -0.1) is 0 Å². The van der Waals surface area contributed by atoms with Gasteiger partial charge in [0.25, 0.3) is 0 Å². The number of imidazole rings is 1. The van der Waals surface area contributed by atoms with Gasteiger partial charge in [0.1, 0.15) is 5.69 Å². The van der Waals surface area contributed by atoms with E-state index in [2.05, 4.69) is 4.99 Å². The number of aliphatic imine (C=N–C) groups is 1. The predicted octanol–water partition coefficient (Wildman–Crippen LogP) is 3.11. The van der Waals surface area contributed by atoms with E-state index < -0.39 is 0 Å². The average Bonchev–Trinajstić information content (AvgIpc) is 2.91. The molecule has 2 heterocycles. The summed E-state index contributed by atoms with van der Waals surface area (Å²) in [6.07, 6.45) is 3.46. The maximum atomic E-state index is 10.1. The van der Waals surface area contributed by atoms with E-state index in [0.717, 1.165) is 16.8 Å². The van der Waals surface area contributed by atoms with Crippen LogP contribution in [0.1, 0.15) is 11.3 Å². The molecular weight excluding hydrogens is 311 g/mol. The molecule has 0 aliphatic carbocycles. The first kappa shape index (κ1) is 14.0. The first-order chi connectivity index (χ1) is 9.90. The predicted molar refractivity (Wildman–Crippen MR) is 84.4 cm³/mol. The average molecular weight is 323 g/mol. The number of rotatable bonds is 1. The van der Waals surface area contributed by atoms with Crippen molar-refractivity contribution in [2.75, 3.05) is 0 Å². The van der Waals surface area contributed by atoms with E-state index in [9.17, 15) is 5.11 Å². The molecule has 1 aromatic heterocycles. The van der Waals surface area contributed by atoms with Gasteiger partial charge in [-0.1, -0.05) is 23.2 Å². The number of hydrogen-bond donors (Lipinski definition) is 2. The number of allylic oxidation sites excluding steroid dienone is 1. The minimum Gasteiger partial charge on any atom is -0.493 e. The molecule has 1 aliphatic heterocycles. The van der Waals surface area contributed by atoms with E-state index in [-0.39, 0.29) is 11.5 Å². The number of nitrogens with zero attached hydrogens (tertiary/aromatic N) is 3. The van der Waals surface area contributed by atoms with Crippen LogP contribution in [0.25, 0.3) is 11.6 Å². The molecule has 2 N–H and O–H groups in total. The molecule has 0 saturated heterocycles. The molecule has 5 nitrogen and oxygen atoms in total. The monoisotopic (exact) mass is 322 g/mol. The second-order valence-electron chi connectivity index (χ2n) is 4.79. The lowest BCUT2D eigenvalue weighted by molar-refractivity contribution is 0.427. The Morgan fingerprint density at radius 1 is 1.19 bits per heavy atom. The van der Waals surface area contributed by atoms with Crippen LogP contribution < -0.4 is 5.62 Å². The second kappa shape index (κ2) is 4.79. The van der Waals surface area contributed by atoms with Gasteiger partial charge in [0.05, 0.1) is 15.7 Å². The topological polar surface area (TPSA) is 66.3 Å². The summed E-state index contributed by atoms with van der Waals surface area (Å²) >= 11 is 12.0. The number of halogens is 2. The lowest BCUT2D eigenvalue weighted by Crippen LogP contribution is -2.20. The molecule has 0 atom stereocenters. The molecule has 0 saturated carbocycles. The zero-order chi connectivity index (χ0) is 15.3. The van der Waals surface area contributed by atoms with Crippen molar-refractivity contribution in [1.82, 2.24) is 9.13 Å². The fourth-order valence-corrected chi connectivity index (χ4v) is 2.59. The van der Waals surface area contributed by atoms with Crippen molar-refractivity contribution in [3.63, 3.8) is 0 Å². The van der Waals surface area contributed by atoms with Crippen LogP contribution in [0.2, 0.25) is 10.0 Å². The first-order valence-electron chi connectivity index (χ1n) is 6.14. The van der Waals surface area contributed by atoms with Crippen LogP contribution in [-0.2, 0) is 14.1 Å². The molecule has 3 rings (SSSR count). The molecule has 21 heavy (non-hydrogen) atoms. The summed E-state index contributed by atoms with van der Waals surface area (Å²) in [5, 5.41) is 18.9. The number of aromatic hydroxyl groups is 1. The summed E-state index contributed by atoms with van der Waals surface area (Å²) in [5.74, 6) is 0.0249. The van der Waals surface area contributed by atoms with Crippen molar-refractivity contribution in [1.29, 1.82) is 5.41 Å².